The zero-order chi connectivity index (χ0) is 21.6. The molecule has 3 aromatic rings. The SMILES string of the molecule is CCCNC(=O)[C@H]1CN(CC(=O)NCCc2c[nH]c3ccccc23)c2ccccc2O1. The molecule has 162 valence electrons. The van der Waals surface area contributed by atoms with Crippen molar-refractivity contribution >= 4 is 28.4 Å². The fraction of sp³-hybridized carbons (Fsp3) is 0.333. The first kappa shape index (κ1) is 20.8. The predicted molar refractivity (Wildman–Crippen MR) is 121 cm³/mol. The van der Waals surface area contributed by atoms with Gasteiger partial charge in [0.2, 0.25) is 5.91 Å². The number of hydrogen-bond acceptors (Lipinski definition) is 4. The number of ether oxygens (including phenoxy) is 1. The maximum absolute atomic E-state index is 12.7. The summed E-state index contributed by atoms with van der Waals surface area (Å²) in [5.41, 5.74) is 3.11. The van der Waals surface area contributed by atoms with Crippen LogP contribution in [0.3, 0.4) is 0 Å². The molecule has 0 radical (unpaired) electrons. The predicted octanol–water partition coefficient (Wildman–Crippen LogP) is 2.62. The Morgan fingerprint density at radius 1 is 1.10 bits per heavy atom. The summed E-state index contributed by atoms with van der Waals surface area (Å²) in [4.78, 5) is 30.3. The summed E-state index contributed by atoms with van der Waals surface area (Å²) < 4.78 is 5.88. The molecule has 0 bridgehead atoms. The van der Waals surface area contributed by atoms with E-state index in [-0.39, 0.29) is 18.4 Å². The van der Waals surface area contributed by atoms with E-state index >= 15 is 0 Å². The molecule has 0 saturated carbocycles. The molecule has 31 heavy (non-hydrogen) atoms. The molecule has 2 heterocycles. The molecule has 4 rings (SSSR count). The van der Waals surface area contributed by atoms with E-state index in [9.17, 15) is 9.59 Å². The number of hydrogen-bond donors (Lipinski definition) is 3. The molecule has 0 aliphatic carbocycles. The van der Waals surface area contributed by atoms with Crippen LogP contribution in [0, 0.1) is 0 Å². The molecular weight excluding hydrogens is 392 g/mol. The first-order valence-electron chi connectivity index (χ1n) is 10.8. The lowest BCUT2D eigenvalue weighted by Gasteiger charge is -2.35. The van der Waals surface area contributed by atoms with Crippen molar-refractivity contribution in [3.8, 4) is 5.75 Å². The van der Waals surface area contributed by atoms with Gasteiger partial charge in [-0.25, -0.2) is 0 Å². The second-order valence-electron chi connectivity index (χ2n) is 7.71. The lowest BCUT2D eigenvalue weighted by Crippen LogP contribution is -2.51. The van der Waals surface area contributed by atoms with Gasteiger partial charge in [0, 0.05) is 30.2 Å². The molecule has 1 aliphatic heterocycles. The number of nitrogens with one attached hydrogen (secondary N) is 3. The molecule has 2 amide bonds. The molecule has 7 nitrogen and oxygen atoms in total. The molecule has 0 spiro atoms. The van der Waals surface area contributed by atoms with E-state index in [1.165, 1.54) is 10.9 Å². The van der Waals surface area contributed by atoms with Crippen LogP contribution in [0.1, 0.15) is 18.9 Å². The van der Waals surface area contributed by atoms with Gasteiger partial charge < -0.3 is 25.3 Å². The summed E-state index contributed by atoms with van der Waals surface area (Å²) in [7, 11) is 0. The van der Waals surface area contributed by atoms with Gasteiger partial charge in [0.1, 0.15) is 5.75 Å². The Bertz CT molecular complexity index is 1060. The number of nitrogens with zero attached hydrogens (tertiary/aromatic N) is 1. The number of anilines is 1. The third-order valence-electron chi connectivity index (χ3n) is 5.43. The third-order valence-corrected chi connectivity index (χ3v) is 5.43. The van der Waals surface area contributed by atoms with E-state index < -0.39 is 6.10 Å². The number of para-hydroxylation sites is 3. The largest absolute Gasteiger partial charge is 0.477 e. The molecule has 1 aliphatic rings. The second-order valence-corrected chi connectivity index (χ2v) is 7.71. The minimum Gasteiger partial charge on any atom is -0.477 e. The van der Waals surface area contributed by atoms with Crippen molar-refractivity contribution in [2.24, 2.45) is 0 Å². The Hall–Kier alpha value is -3.48. The minimum atomic E-state index is -0.638. The summed E-state index contributed by atoms with van der Waals surface area (Å²) >= 11 is 0. The smallest absolute Gasteiger partial charge is 0.262 e. The lowest BCUT2D eigenvalue weighted by atomic mass is 10.1. The van der Waals surface area contributed by atoms with Crippen LogP contribution in [0.25, 0.3) is 10.9 Å². The van der Waals surface area contributed by atoms with Gasteiger partial charge in [-0.3, -0.25) is 9.59 Å². The molecule has 1 aromatic heterocycles. The fourth-order valence-corrected chi connectivity index (χ4v) is 3.86. The summed E-state index contributed by atoms with van der Waals surface area (Å²) in [5, 5.41) is 7.06. The first-order chi connectivity index (χ1) is 15.2. The Morgan fingerprint density at radius 2 is 1.90 bits per heavy atom. The van der Waals surface area contributed by atoms with Crippen molar-refractivity contribution in [3.05, 3.63) is 60.3 Å². The van der Waals surface area contributed by atoms with Gasteiger partial charge in [-0.05, 0) is 36.6 Å². The van der Waals surface area contributed by atoms with E-state index in [0.717, 1.165) is 24.0 Å². The van der Waals surface area contributed by atoms with Crippen molar-refractivity contribution in [2.45, 2.75) is 25.9 Å². The van der Waals surface area contributed by atoms with Crippen LogP contribution in [-0.4, -0.2) is 49.1 Å². The number of amides is 2. The normalized spacial score (nSPS) is 15.3. The highest BCUT2D eigenvalue weighted by Gasteiger charge is 2.31. The van der Waals surface area contributed by atoms with Crippen molar-refractivity contribution in [1.29, 1.82) is 0 Å². The zero-order valence-corrected chi connectivity index (χ0v) is 17.7. The van der Waals surface area contributed by atoms with Crippen LogP contribution >= 0.6 is 0 Å². The quantitative estimate of drug-likeness (QED) is 0.523. The highest BCUT2D eigenvalue weighted by molar-refractivity contribution is 5.86. The molecule has 2 aromatic carbocycles. The van der Waals surface area contributed by atoms with E-state index in [1.54, 1.807) is 0 Å². The number of carbonyl (C=O) groups is 2. The standard InChI is InChI=1S/C24H28N4O3/c1-2-12-26-24(30)22-15-28(20-9-5-6-10-21(20)31-22)16-23(29)25-13-11-17-14-27-19-8-4-3-7-18(17)19/h3-10,14,22,27H,2,11-13,15-16H2,1H3,(H,25,29)(H,26,30)/t22-/m1/s1. The number of H-pyrrole nitrogens is 1. The summed E-state index contributed by atoms with van der Waals surface area (Å²) in [6, 6.07) is 15.6. The number of aromatic nitrogens is 1. The Labute approximate surface area is 181 Å². The molecule has 0 saturated heterocycles. The van der Waals surface area contributed by atoms with Crippen LogP contribution in [0.5, 0.6) is 5.75 Å². The molecule has 0 fully saturated rings. The highest BCUT2D eigenvalue weighted by Crippen LogP contribution is 2.32. The van der Waals surface area contributed by atoms with Crippen LogP contribution in [0.2, 0.25) is 0 Å². The van der Waals surface area contributed by atoms with Crippen molar-refractivity contribution in [1.82, 2.24) is 15.6 Å². The molecular formula is C24H28N4O3. The maximum atomic E-state index is 12.7. The highest BCUT2D eigenvalue weighted by atomic mass is 16.5. The number of aromatic amines is 1. The maximum Gasteiger partial charge on any atom is 0.262 e. The van der Waals surface area contributed by atoms with Gasteiger partial charge in [0.25, 0.3) is 5.91 Å². The molecule has 7 heteroatoms. The summed E-state index contributed by atoms with van der Waals surface area (Å²) in [6.45, 7) is 3.67. The minimum absolute atomic E-state index is 0.0794. The van der Waals surface area contributed by atoms with E-state index in [2.05, 4.69) is 21.7 Å². The second kappa shape index (κ2) is 9.55. The van der Waals surface area contributed by atoms with Crippen molar-refractivity contribution < 1.29 is 14.3 Å². The number of fused-ring (bicyclic) bond motifs is 2. The molecule has 1 atom stereocenters. The van der Waals surface area contributed by atoms with E-state index in [0.29, 0.717) is 25.4 Å². The van der Waals surface area contributed by atoms with Gasteiger partial charge in [-0.15, -0.1) is 0 Å². The van der Waals surface area contributed by atoms with Gasteiger partial charge in [-0.2, -0.15) is 0 Å². The average Bonchev–Trinajstić information content (AvgIpc) is 3.20. The lowest BCUT2D eigenvalue weighted by molar-refractivity contribution is -0.128. The average molecular weight is 421 g/mol. The number of carbonyl (C=O) groups excluding carboxylic acids is 2. The summed E-state index contributed by atoms with van der Waals surface area (Å²) in [5.74, 6) is 0.391. The molecule has 3 N–H and O–H groups in total. The first-order valence-corrected chi connectivity index (χ1v) is 10.8. The van der Waals surface area contributed by atoms with Gasteiger partial charge >= 0.3 is 0 Å². The van der Waals surface area contributed by atoms with Gasteiger partial charge in [-0.1, -0.05) is 37.3 Å². The van der Waals surface area contributed by atoms with E-state index in [1.807, 2.05) is 60.5 Å². The Balaban J connectivity index is 1.36. The van der Waals surface area contributed by atoms with Crippen LogP contribution in [0.15, 0.2) is 54.7 Å². The third kappa shape index (κ3) is 4.82. The van der Waals surface area contributed by atoms with Crippen LogP contribution < -0.4 is 20.3 Å². The monoisotopic (exact) mass is 420 g/mol. The van der Waals surface area contributed by atoms with Crippen LogP contribution in [-0.2, 0) is 16.0 Å². The zero-order valence-electron chi connectivity index (χ0n) is 17.7. The van der Waals surface area contributed by atoms with Crippen molar-refractivity contribution in [3.63, 3.8) is 0 Å². The number of benzene rings is 2. The Kier molecular flexibility index (Phi) is 6.40. The van der Waals surface area contributed by atoms with Gasteiger partial charge in [0.05, 0.1) is 18.8 Å². The number of rotatable bonds is 8. The van der Waals surface area contributed by atoms with Crippen molar-refractivity contribution in [2.75, 3.05) is 31.1 Å². The topological polar surface area (TPSA) is 86.5 Å². The molecule has 0 unspecified atom stereocenters. The summed E-state index contributed by atoms with van der Waals surface area (Å²) in [6.07, 6.45) is 2.96. The van der Waals surface area contributed by atoms with Crippen LogP contribution in [0.4, 0.5) is 5.69 Å². The Morgan fingerprint density at radius 3 is 2.77 bits per heavy atom. The van der Waals surface area contributed by atoms with Gasteiger partial charge in [0.15, 0.2) is 6.10 Å². The fourth-order valence-electron chi connectivity index (χ4n) is 3.86. The van der Waals surface area contributed by atoms with E-state index in [4.69, 9.17) is 4.74 Å².